The predicted molar refractivity (Wildman–Crippen MR) is 63.5 cm³/mol. The van der Waals surface area contributed by atoms with Gasteiger partial charge in [0.15, 0.2) is 6.10 Å². The SMILES string of the molecule is Cc1cc(C)cc(N2CCOC(C#N)C2)c1. The second-order valence-corrected chi connectivity index (χ2v) is 4.28. The molecule has 0 bridgehead atoms. The summed E-state index contributed by atoms with van der Waals surface area (Å²) in [6.07, 6.45) is -0.297. The number of nitrogens with zero attached hydrogens (tertiary/aromatic N) is 2. The van der Waals surface area contributed by atoms with Crippen LogP contribution in [0.15, 0.2) is 18.2 Å². The Labute approximate surface area is 96.2 Å². The van der Waals surface area contributed by atoms with Crippen molar-refractivity contribution in [3.05, 3.63) is 29.3 Å². The van der Waals surface area contributed by atoms with Crippen LogP contribution >= 0.6 is 0 Å². The number of aryl methyl sites for hydroxylation is 2. The van der Waals surface area contributed by atoms with Gasteiger partial charge < -0.3 is 9.64 Å². The van der Waals surface area contributed by atoms with Gasteiger partial charge in [-0.15, -0.1) is 0 Å². The monoisotopic (exact) mass is 216 g/mol. The summed E-state index contributed by atoms with van der Waals surface area (Å²) in [7, 11) is 0. The Bertz CT molecular complexity index is 402. The standard InChI is InChI=1S/C13H16N2O/c1-10-5-11(2)7-12(6-10)15-3-4-16-13(8-14)9-15/h5-7,13H,3-4,9H2,1-2H3. The molecule has 0 aromatic heterocycles. The molecular formula is C13H16N2O. The van der Waals surface area contributed by atoms with Gasteiger partial charge in [0.05, 0.1) is 19.2 Å². The summed E-state index contributed by atoms with van der Waals surface area (Å²) in [5.41, 5.74) is 3.71. The Hall–Kier alpha value is -1.53. The van der Waals surface area contributed by atoms with E-state index in [9.17, 15) is 0 Å². The topological polar surface area (TPSA) is 36.3 Å². The summed E-state index contributed by atoms with van der Waals surface area (Å²) in [5, 5.41) is 8.86. The maximum absolute atomic E-state index is 8.86. The highest BCUT2D eigenvalue weighted by molar-refractivity contribution is 5.51. The van der Waals surface area contributed by atoms with Crippen LogP contribution in [0, 0.1) is 25.2 Å². The van der Waals surface area contributed by atoms with E-state index in [-0.39, 0.29) is 6.10 Å². The number of hydrogen-bond donors (Lipinski definition) is 0. The Kier molecular flexibility index (Phi) is 3.12. The molecule has 16 heavy (non-hydrogen) atoms. The fourth-order valence-electron chi connectivity index (χ4n) is 2.10. The first-order chi connectivity index (χ1) is 7.69. The van der Waals surface area contributed by atoms with Crippen molar-refractivity contribution in [2.45, 2.75) is 20.0 Å². The van der Waals surface area contributed by atoms with Crippen LogP contribution in [-0.4, -0.2) is 25.8 Å². The third kappa shape index (κ3) is 2.34. The van der Waals surface area contributed by atoms with E-state index >= 15 is 0 Å². The fraction of sp³-hybridized carbons (Fsp3) is 0.462. The summed E-state index contributed by atoms with van der Waals surface area (Å²) >= 11 is 0. The number of rotatable bonds is 1. The van der Waals surface area contributed by atoms with Gasteiger partial charge in [0.25, 0.3) is 0 Å². The van der Waals surface area contributed by atoms with E-state index in [1.807, 2.05) is 0 Å². The summed E-state index contributed by atoms with van der Waals surface area (Å²) < 4.78 is 5.34. The van der Waals surface area contributed by atoms with Crippen LogP contribution in [0.3, 0.4) is 0 Å². The molecule has 3 heteroatoms. The van der Waals surface area contributed by atoms with Crippen molar-refractivity contribution in [3.8, 4) is 6.07 Å². The van der Waals surface area contributed by atoms with Crippen molar-refractivity contribution in [1.29, 1.82) is 5.26 Å². The lowest BCUT2D eigenvalue weighted by molar-refractivity contribution is 0.0764. The Morgan fingerprint density at radius 3 is 2.62 bits per heavy atom. The third-order valence-corrected chi connectivity index (χ3v) is 2.78. The third-order valence-electron chi connectivity index (χ3n) is 2.78. The zero-order valence-corrected chi connectivity index (χ0v) is 9.73. The second-order valence-electron chi connectivity index (χ2n) is 4.28. The van der Waals surface area contributed by atoms with Gasteiger partial charge in [0.1, 0.15) is 0 Å². The van der Waals surface area contributed by atoms with Gasteiger partial charge in [-0.2, -0.15) is 5.26 Å². The molecule has 3 nitrogen and oxygen atoms in total. The molecule has 84 valence electrons. The van der Waals surface area contributed by atoms with Gasteiger partial charge in [0, 0.05) is 12.2 Å². The predicted octanol–water partition coefficient (Wildman–Crippen LogP) is 2.03. The van der Waals surface area contributed by atoms with E-state index in [4.69, 9.17) is 10.00 Å². The normalized spacial score (nSPS) is 20.6. The minimum atomic E-state index is -0.297. The Balaban J connectivity index is 2.20. The summed E-state index contributed by atoms with van der Waals surface area (Å²) in [6.45, 7) is 6.35. The molecule has 1 atom stereocenters. The molecule has 1 heterocycles. The summed E-state index contributed by atoms with van der Waals surface area (Å²) in [6, 6.07) is 8.65. The number of anilines is 1. The summed E-state index contributed by atoms with van der Waals surface area (Å²) in [4.78, 5) is 2.22. The molecule has 2 rings (SSSR count). The zero-order chi connectivity index (χ0) is 11.5. The minimum Gasteiger partial charge on any atom is -0.366 e. The molecule has 1 aliphatic heterocycles. The molecule has 1 aromatic rings. The van der Waals surface area contributed by atoms with E-state index in [0.29, 0.717) is 13.2 Å². The molecular weight excluding hydrogens is 200 g/mol. The molecule has 0 saturated carbocycles. The zero-order valence-electron chi connectivity index (χ0n) is 9.73. The van der Waals surface area contributed by atoms with Gasteiger partial charge in [-0.1, -0.05) is 6.07 Å². The van der Waals surface area contributed by atoms with Crippen LogP contribution in [-0.2, 0) is 4.74 Å². The van der Waals surface area contributed by atoms with Gasteiger partial charge in [-0.25, -0.2) is 0 Å². The molecule has 1 saturated heterocycles. The second kappa shape index (κ2) is 4.54. The van der Waals surface area contributed by atoms with Gasteiger partial charge in [-0.3, -0.25) is 0 Å². The smallest absolute Gasteiger partial charge is 0.161 e. The van der Waals surface area contributed by atoms with E-state index in [1.165, 1.54) is 16.8 Å². The maximum Gasteiger partial charge on any atom is 0.161 e. The van der Waals surface area contributed by atoms with Crippen LogP contribution in [0.5, 0.6) is 0 Å². The number of ether oxygens (including phenoxy) is 1. The average Bonchev–Trinajstić information content (AvgIpc) is 2.28. The first-order valence-electron chi connectivity index (χ1n) is 5.53. The van der Waals surface area contributed by atoms with E-state index in [2.05, 4.69) is 43.0 Å². The highest BCUT2D eigenvalue weighted by Gasteiger charge is 2.20. The summed E-state index contributed by atoms with van der Waals surface area (Å²) in [5.74, 6) is 0. The molecule has 0 amide bonds. The number of nitriles is 1. The molecule has 1 fully saturated rings. The first kappa shape index (κ1) is 11.0. The van der Waals surface area contributed by atoms with Crippen molar-refractivity contribution in [1.82, 2.24) is 0 Å². The minimum absolute atomic E-state index is 0.297. The highest BCUT2D eigenvalue weighted by Crippen LogP contribution is 2.20. The average molecular weight is 216 g/mol. The van der Waals surface area contributed by atoms with Crippen LogP contribution in [0.25, 0.3) is 0 Å². The van der Waals surface area contributed by atoms with Gasteiger partial charge in [0.2, 0.25) is 0 Å². The molecule has 1 unspecified atom stereocenters. The molecule has 0 radical (unpaired) electrons. The largest absolute Gasteiger partial charge is 0.366 e. The number of benzene rings is 1. The van der Waals surface area contributed by atoms with Crippen LogP contribution in [0.1, 0.15) is 11.1 Å². The Morgan fingerprint density at radius 1 is 1.31 bits per heavy atom. The molecule has 0 aliphatic carbocycles. The molecule has 1 aliphatic rings. The number of morpholine rings is 1. The first-order valence-corrected chi connectivity index (χ1v) is 5.53. The van der Waals surface area contributed by atoms with Crippen molar-refractivity contribution in [3.63, 3.8) is 0 Å². The molecule has 0 N–H and O–H groups in total. The fourth-order valence-corrected chi connectivity index (χ4v) is 2.10. The van der Waals surface area contributed by atoms with Crippen LogP contribution in [0.4, 0.5) is 5.69 Å². The van der Waals surface area contributed by atoms with E-state index < -0.39 is 0 Å². The van der Waals surface area contributed by atoms with Crippen LogP contribution < -0.4 is 4.90 Å². The van der Waals surface area contributed by atoms with E-state index in [0.717, 1.165) is 6.54 Å². The van der Waals surface area contributed by atoms with Gasteiger partial charge >= 0.3 is 0 Å². The molecule has 0 spiro atoms. The lowest BCUT2D eigenvalue weighted by atomic mass is 10.1. The van der Waals surface area contributed by atoms with Gasteiger partial charge in [-0.05, 0) is 37.1 Å². The van der Waals surface area contributed by atoms with Crippen LogP contribution in [0.2, 0.25) is 0 Å². The van der Waals surface area contributed by atoms with Crippen molar-refractivity contribution < 1.29 is 4.74 Å². The van der Waals surface area contributed by atoms with Crippen molar-refractivity contribution in [2.24, 2.45) is 0 Å². The quantitative estimate of drug-likeness (QED) is 0.720. The lowest BCUT2D eigenvalue weighted by Gasteiger charge is -2.32. The number of hydrogen-bond acceptors (Lipinski definition) is 3. The van der Waals surface area contributed by atoms with E-state index in [1.54, 1.807) is 0 Å². The maximum atomic E-state index is 8.86. The molecule has 1 aromatic carbocycles. The lowest BCUT2D eigenvalue weighted by Crippen LogP contribution is -2.41. The van der Waals surface area contributed by atoms with Crippen molar-refractivity contribution in [2.75, 3.05) is 24.6 Å². The van der Waals surface area contributed by atoms with Crippen molar-refractivity contribution >= 4 is 5.69 Å². The highest BCUT2D eigenvalue weighted by atomic mass is 16.5. The Morgan fingerprint density at radius 2 is 2.00 bits per heavy atom.